The smallest absolute Gasteiger partial charge is 0.0798 e. The largest absolute Gasteiger partial charge is 0.311 e. The van der Waals surface area contributed by atoms with E-state index in [0.29, 0.717) is 0 Å². The SMILES string of the molecule is Brc1sc2c(-c3ccccc3)c(Br)sc2c1-c1ccccc1.C.c1ccc(-c2c(-c3ccc(N(c4ccccc4)c4ccccc4)cc3)sc3c(-c4ccccc4)c(-c4ccc(N(c5ccccc5)c5ccccc5)cc4)sc23)cc1. The minimum atomic E-state index is 0. The van der Waals surface area contributed by atoms with E-state index in [0.717, 1.165) is 34.1 Å². The van der Waals surface area contributed by atoms with Crippen molar-refractivity contribution in [3.8, 4) is 65.4 Å². The number of nitrogens with zero attached hydrogens (tertiary/aromatic N) is 2. The lowest BCUT2D eigenvalue weighted by Crippen LogP contribution is -2.09. The Morgan fingerprint density at radius 3 is 0.679 bits per heavy atom. The molecule has 0 radical (unpaired) electrons. The number of benzene rings is 10. The summed E-state index contributed by atoms with van der Waals surface area (Å²) in [5.41, 5.74) is 19.3. The molecule has 81 heavy (non-hydrogen) atoms. The van der Waals surface area contributed by atoms with E-state index in [2.05, 4.69) is 333 Å². The van der Waals surface area contributed by atoms with Crippen LogP contribution < -0.4 is 9.80 Å². The molecule has 0 saturated carbocycles. The van der Waals surface area contributed by atoms with Crippen LogP contribution >= 0.6 is 77.2 Å². The normalized spacial score (nSPS) is 11.0. The summed E-state index contributed by atoms with van der Waals surface area (Å²) in [6.07, 6.45) is 0. The van der Waals surface area contributed by atoms with Crippen LogP contribution in [0.5, 0.6) is 0 Å². The van der Waals surface area contributed by atoms with Gasteiger partial charge in [0, 0.05) is 66.1 Å². The molecule has 14 aromatic rings. The van der Waals surface area contributed by atoms with Gasteiger partial charge in [-0.15, -0.1) is 45.3 Å². The highest BCUT2D eigenvalue weighted by Crippen LogP contribution is 2.56. The molecular formula is C73H52Br2N2S4. The number of anilines is 6. The van der Waals surface area contributed by atoms with E-state index >= 15 is 0 Å². The standard InChI is InChI=1S/C54H38N2S2.C18H10Br2S2.CH4/c1-7-19-39(20-8-1)49-51(41-31-35-47(36-32-41)55(43-23-11-3-12-24-43)44-25-13-4-14-26-44)57-54-50(40-21-9-2-10-22-40)52(58-53(49)54)42-33-37-48(38-34-42)56(45-27-15-5-16-28-45)46-29-17-6-18-30-46;19-17-13(11-7-3-1-4-8-11)15-16(22-17)14(18(20)21-15)12-9-5-2-6-10-12;/h1-38H;1-10H;1H4. The van der Waals surface area contributed by atoms with Gasteiger partial charge < -0.3 is 9.80 Å². The van der Waals surface area contributed by atoms with Crippen molar-refractivity contribution in [3.63, 3.8) is 0 Å². The van der Waals surface area contributed by atoms with Crippen LogP contribution in [0, 0.1) is 0 Å². The molecule has 14 rings (SSSR count). The predicted molar refractivity (Wildman–Crippen MR) is 364 cm³/mol. The van der Waals surface area contributed by atoms with Gasteiger partial charge in [0.25, 0.3) is 0 Å². The molecule has 0 aliphatic rings. The molecule has 0 bridgehead atoms. The van der Waals surface area contributed by atoms with Gasteiger partial charge >= 0.3 is 0 Å². The molecule has 0 saturated heterocycles. The van der Waals surface area contributed by atoms with Gasteiger partial charge in [0.1, 0.15) is 0 Å². The van der Waals surface area contributed by atoms with Crippen molar-refractivity contribution in [2.75, 3.05) is 9.80 Å². The number of fused-ring (bicyclic) bond motifs is 2. The van der Waals surface area contributed by atoms with Gasteiger partial charge in [0.05, 0.1) is 26.4 Å². The maximum atomic E-state index is 3.77. The fourth-order valence-electron chi connectivity index (χ4n) is 10.4. The Hall–Kier alpha value is -7.92. The molecule has 0 N–H and O–H groups in total. The first-order valence-corrected chi connectivity index (χ1v) is 31.1. The van der Waals surface area contributed by atoms with Crippen LogP contribution in [-0.4, -0.2) is 0 Å². The molecule has 0 amide bonds. The summed E-state index contributed by atoms with van der Waals surface area (Å²) in [4.78, 5) is 7.20. The zero-order valence-electron chi connectivity index (χ0n) is 43.0. The Bertz CT molecular complexity index is 3960. The highest BCUT2D eigenvalue weighted by Gasteiger charge is 2.26. The molecule has 0 aliphatic carbocycles. The summed E-state index contributed by atoms with van der Waals surface area (Å²) in [6, 6.07) is 104. The zero-order chi connectivity index (χ0) is 53.8. The Morgan fingerprint density at radius 1 is 0.210 bits per heavy atom. The van der Waals surface area contributed by atoms with Gasteiger partial charge in [0.2, 0.25) is 0 Å². The Morgan fingerprint density at radius 2 is 0.420 bits per heavy atom. The predicted octanol–water partition coefficient (Wildman–Crippen LogP) is 25.0. The minimum Gasteiger partial charge on any atom is -0.311 e. The highest BCUT2D eigenvalue weighted by molar-refractivity contribution is 9.11. The average Bonchev–Trinajstić information content (AvgIpc) is 4.47. The number of hydrogen-bond acceptors (Lipinski definition) is 6. The summed E-state index contributed by atoms with van der Waals surface area (Å²) in [6.45, 7) is 0. The molecule has 0 fully saturated rings. The van der Waals surface area contributed by atoms with E-state index in [-0.39, 0.29) is 7.43 Å². The molecule has 8 heteroatoms. The van der Waals surface area contributed by atoms with Crippen LogP contribution in [0.25, 0.3) is 84.2 Å². The van der Waals surface area contributed by atoms with E-state index in [4.69, 9.17) is 0 Å². The lowest BCUT2D eigenvalue weighted by molar-refractivity contribution is 1.28. The molecule has 10 aromatic carbocycles. The van der Waals surface area contributed by atoms with Crippen molar-refractivity contribution < 1.29 is 0 Å². The first kappa shape index (κ1) is 53.7. The lowest BCUT2D eigenvalue weighted by atomic mass is 9.99. The minimum absolute atomic E-state index is 0. The summed E-state index contributed by atoms with van der Waals surface area (Å²) >= 11 is 15.0. The van der Waals surface area contributed by atoms with E-state index < -0.39 is 0 Å². The van der Waals surface area contributed by atoms with E-state index in [1.165, 1.54) is 91.8 Å². The van der Waals surface area contributed by atoms with Crippen molar-refractivity contribution >= 4 is 130 Å². The van der Waals surface area contributed by atoms with Crippen LogP contribution in [-0.2, 0) is 0 Å². The van der Waals surface area contributed by atoms with Gasteiger partial charge in [-0.3, -0.25) is 0 Å². The van der Waals surface area contributed by atoms with E-state index in [1.807, 2.05) is 45.3 Å². The first-order chi connectivity index (χ1) is 39.6. The van der Waals surface area contributed by atoms with Crippen LogP contribution in [0.1, 0.15) is 7.43 Å². The lowest BCUT2D eigenvalue weighted by Gasteiger charge is -2.25. The summed E-state index contributed by atoms with van der Waals surface area (Å²) in [7, 11) is 0. The van der Waals surface area contributed by atoms with Crippen LogP contribution in [0.4, 0.5) is 34.1 Å². The van der Waals surface area contributed by atoms with Gasteiger partial charge in [-0.25, -0.2) is 0 Å². The van der Waals surface area contributed by atoms with Crippen molar-refractivity contribution in [1.82, 2.24) is 0 Å². The topological polar surface area (TPSA) is 6.48 Å². The summed E-state index contributed by atoms with van der Waals surface area (Å²) in [5.74, 6) is 0. The third kappa shape index (κ3) is 10.9. The van der Waals surface area contributed by atoms with Crippen LogP contribution in [0.2, 0.25) is 0 Å². The Kier molecular flexibility index (Phi) is 16.2. The van der Waals surface area contributed by atoms with Gasteiger partial charge in [0.15, 0.2) is 0 Å². The Balaban J connectivity index is 0.000000236. The summed E-state index contributed by atoms with van der Waals surface area (Å²) < 4.78 is 7.72. The van der Waals surface area contributed by atoms with Crippen molar-refractivity contribution in [3.05, 3.63) is 299 Å². The second-order valence-electron chi connectivity index (χ2n) is 19.0. The molecular weight excluding hydrogens is 1190 g/mol. The first-order valence-electron chi connectivity index (χ1n) is 26.3. The maximum Gasteiger partial charge on any atom is 0.0798 e. The van der Waals surface area contributed by atoms with Crippen molar-refractivity contribution in [2.24, 2.45) is 0 Å². The van der Waals surface area contributed by atoms with Crippen LogP contribution in [0.15, 0.2) is 299 Å². The number of halogens is 2. The molecule has 4 heterocycles. The molecule has 392 valence electrons. The van der Waals surface area contributed by atoms with Gasteiger partial charge in [-0.2, -0.15) is 0 Å². The quantitative estimate of drug-likeness (QED) is 0.120. The number of para-hydroxylation sites is 4. The molecule has 0 spiro atoms. The second-order valence-corrected chi connectivity index (χ2v) is 25.7. The van der Waals surface area contributed by atoms with Gasteiger partial charge in [-0.1, -0.05) is 226 Å². The molecule has 2 nitrogen and oxygen atoms in total. The highest BCUT2D eigenvalue weighted by atomic mass is 79.9. The maximum absolute atomic E-state index is 3.77. The number of rotatable bonds is 12. The molecule has 0 unspecified atom stereocenters. The Labute approximate surface area is 507 Å². The molecule has 4 aromatic heterocycles. The summed E-state index contributed by atoms with van der Waals surface area (Å²) in [5, 5.41) is 0. The fourth-order valence-corrected chi connectivity index (χ4v) is 17.9. The fraction of sp³-hybridized carbons (Fsp3) is 0.0137. The molecule has 0 aliphatic heterocycles. The number of hydrogen-bond donors (Lipinski definition) is 0. The van der Waals surface area contributed by atoms with E-state index in [1.54, 1.807) is 0 Å². The monoisotopic (exact) mass is 1240 g/mol. The zero-order valence-corrected chi connectivity index (χ0v) is 49.4. The second kappa shape index (κ2) is 24.4. The average molecular weight is 1250 g/mol. The number of thiophene rings is 4. The van der Waals surface area contributed by atoms with Crippen molar-refractivity contribution in [2.45, 2.75) is 7.43 Å². The third-order valence-corrected chi connectivity index (χ3v) is 20.6. The van der Waals surface area contributed by atoms with Crippen LogP contribution in [0.3, 0.4) is 0 Å². The van der Waals surface area contributed by atoms with Crippen molar-refractivity contribution in [1.29, 1.82) is 0 Å². The molecule has 0 atom stereocenters. The van der Waals surface area contributed by atoms with E-state index in [9.17, 15) is 0 Å². The third-order valence-electron chi connectivity index (χ3n) is 14.0. The van der Waals surface area contributed by atoms with Gasteiger partial charge in [-0.05, 0) is 138 Å².